The van der Waals surface area contributed by atoms with Crippen molar-refractivity contribution < 1.29 is 26.4 Å². The number of alkyl halides is 3. The van der Waals surface area contributed by atoms with Crippen molar-refractivity contribution in [3.05, 3.63) is 29.8 Å². The van der Waals surface area contributed by atoms with Crippen LogP contribution in [0.3, 0.4) is 0 Å². The molecule has 134 valence electrons. The summed E-state index contributed by atoms with van der Waals surface area (Å²) in [6.45, 7) is 2.82. The second kappa shape index (κ2) is 6.72. The van der Waals surface area contributed by atoms with Gasteiger partial charge in [-0.2, -0.15) is 13.2 Å². The lowest BCUT2D eigenvalue weighted by molar-refractivity contribution is -0.0436. The fraction of sp³-hybridized carbons (Fsp3) is 0.533. The van der Waals surface area contributed by atoms with Gasteiger partial charge in [-0.05, 0) is 43.0 Å². The molecule has 0 spiro atoms. The van der Waals surface area contributed by atoms with E-state index in [-0.39, 0.29) is 23.4 Å². The minimum absolute atomic E-state index is 0.134. The van der Waals surface area contributed by atoms with E-state index in [1.807, 2.05) is 6.92 Å². The van der Waals surface area contributed by atoms with Gasteiger partial charge in [0.25, 0.3) is 15.7 Å². The molecular formula is C15H19F3N2O3S. The first kappa shape index (κ1) is 18.7. The Balaban J connectivity index is 2.26. The van der Waals surface area contributed by atoms with E-state index in [4.69, 9.17) is 5.73 Å². The van der Waals surface area contributed by atoms with Crippen molar-refractivity contribution in [1.29, 1.82) is 0 Å². The molecule has 2 rings (SSSR count). The first-order chi connectivity index (χ1) is 11.1. The number of sulfone groups is 1. The minimum Gasteiger partial charge on any atom is -0.334 e. The molecule has 0 aliphatic carbocycles. The van der Waals surface area contributed by atoms with E-state index in [0.29, 0.717) is 13.1 Å². The molecule has 1 aromatic carbocycles. The molecule has 1 fully saturated rings. The van der Waals surface area contributed by atoms with E-state index in [9.17, 15) is 26.4 Å². The zero-order valence-corrected chi connectivity index (χ0v) is 13.9. The van der Waals surface area contributed by atoms with Crippen LogP contribution in [-0.4, -0.2) is 43.9 Å². The molecule has 0 radical (unpaired) electrons. The van der Waals surface area contributed by atoms with Crippen LogP contribution in [0.5, 0.6) is 0 Å². The van der Waals surface area contributed by atoms with Gasteiger partial charge < -0.3 is 10.6 Å². The van der Waals surface area contributed by atoms with Crippen LogP contribution in [0.4, 0.5) is 13.2 Å². The molecule has 0 aromatic heterocycles. The molecular weight excluding hydrogens is 345 g/mol. The molecule has 1 amide bonds. The van der Waals surface area contributed by atoms with Crippen molar-refractivity contribution in [1.82, 2.24) is 4.90 Å². The monoisotopic (exact) mass is 364 g/mol. The average molecular weight is 364 g/mol. The zero-order chi connectivity index (χ0) is 18.1. The maximum absolute atomic E-state index is 12.6. The predicted octanol–water partition coefficient (Wildman–Crippen LogP) is 2.18. The number of halogens is 3. The fourth-order valence-electron chi connectivity index (χ4n) is 2.94. The summed E-state index contributed by atoms with van der Waals surface area (Å²) >= 11 is 0. The van der Waals surface area contributed by atoms with Gasteiger partial charge in [0.15, 0.2) is 0 Å². The lowest BCUT2D eigenvalue weighted by atomic mass is 9.90. The van der Waals surface area contributed by atoms with Gasteiger partial charge in [-0.3, -0.25) is 4.79 Å². The van der Waals surface area contributed by atoms with Crippen molar-refractivity contribution in [3.8, 4) is 0 Å². The summed E-state index contributed by atoms with van der Waals surface area (Å²) in [5, 5.41) is 0. The summed E-state index contributed by atoms with van der Waals surface area (Å²) in [6.07, 6.45) is 1.78. The third-order valence-corrected chi connectivity index (χ3v) is 5.84. The lowest BCUT2D eigenvalue weighted by Crippen LogP contribution is -2.51. The Bertz CT molecular complexity index is 702. The molecule has 1 aliphatic rings. The number of nitrogens with two attached hydrogens (primary N) is 1. The Hall–Kier alpha value is -1.61. The summed E-state index contributed by atoms with van der Waals surface area (Å²) in [7, 11) is -5.41. The van der Waals surface area contributed by atoms with E-state index in [1.54, 1.807) is 4.90 Å². The summed E-state index contributed by atoms with van der Waals surface area (Å²) in [5.74, 6) is -0.120. The van der Waals surface area contributed by atoms with Crippen LogP contribution in [-0.2, 0) is 9.84 Å². The first-order valence-electron chi connectivity index (χ1n) is 7.52. The number of piperidine rings is 1. The minimum atomic E-state index is -5.41. The standard InChI is InChI=1S/C15H19F3N2O3S/c1-10-3-2-8-20(13(10)9-19)14(21)11-4-6-12(7-5-11)24(22,23)15(16,17)18/h4-7,10,13H,2-3,8-9,19H2,1H3/t10-,13-/m1/s1. The average Bonchev–Trinajstić information content (AvgIpc) is 2.53. The largest absolute Gasteiger partial charge is 0.501 e. The molecule has 1 heterocycles. The molecule has 1 aliphatic heterocycles. The Morgan fingerprint density at radius 2 is 1.88 bits per heavy atom. The van der Waals surface area contributed by atoms with Crippen LogP contribution >= 0.6 is 0 Å². The molecule has 24 heavy (non-hydrogen) atoms. The number of hydrogen-bond donors (Lipinski definition) is 1. The van der Waals surface area contributed by atoms with Gasteiger partial charge in [-0.1, -0.05) is 6.92 Å². The van der Waals surface area contributed by atoms with Gasteiger partial charge in [0, 0.05) is 24.7 Å². The van der Waals surface area contributed by atoms with Crippen molar-refractivity contribution in [2.24, 2.45) is 11.7 Å². The van der Waals surface area contributed by atoms with Gasteiger partial charge in [0.1, 0.15) is 0 Å². The van der Waals surface area contributed by atoms with Crippen LogP contribution in [0.25, 0.3) is 0 Å². The van der Waals surface area contributed by atoms with Crippen molar-refractivity contribution in [3.63, 3.8) is 0 Å². The van der Waals surface area contributed by atoms with Crippen molar-refractivity contribution in [2.45, 2.75) is 36.2 Å². The number of carbonyl (C=O) groups excluding carboxylic acids is 1. The second-order valence-corrected chi connectivity index (χ2v) is 7.84. The van der Waals surface area contributed by atoms with Gasteiger partial charge in [-0.15, -0.1) is 0 Å². The topological polar surface area (TPSA) is 80.5 Å². The number of amides is 1. The Labute approximate surface area is 138 Å². The third-order valence-electron chi connectivity index (χ3n) is 4.33. The van der Waals surface area contributed by atoms with Crippen LogP contribution in [0.2, 0.25) is 0 Å². The van der Waals surface area contributed by atoms with E-state index in [0.717, 1.165) is 37.1 Å². The normalized spacial score (nSPS) is 22.5. The van der Waals surface area contributed by atoms with Gasteiger partial charge in [0.2, 0.25) is 0 Å². The van der Waals surface area contributed by atoms with Crippen LogP contribution in [0.15, 0.2) is 29.2 Å². The zero-order valence-electron chi connectivity index (χ0n) is 13.1. The molecule has 0 unspecified atom stereocenters. The second-order valence-electron chi connectivity index (χ2n) is 5.89. The number of carbonyl (C=O) groups is 1. The SMILES string of the molecule is C[C@@H]1CCCN(C(=O)c2ccc(S(=O)(=O)C(F)(F)F)cc2)[C@@H]1CN. The van der Waals surface area contributed by atoms with E-state index in [1.165, 1.54) is 0 Å². The number of nitrogens with zero attached hydrogens (tertiary/aromatic N) is 1. The highest BCUT2D eigenvalue weighted by Crippen LogP contribution is 2.30. The van der Waals surface area contributed by atoms with Crippen molar-refractivity contribution in [2.75, 3.05) is 13.1 Å². The molecule has 9 heteroatoms. The Kier molecular flexibility index (Phi) is 5.24. The summed E-state index contributed by atoms with van der Waals surface area (Å²) in [5.41, 5.74) is 0.504. The number of benzene rings is 1. The van der Waals surface area contributed by atoms with E-state index in [2.05, 4.69) is 0 Å². The predicted molar refractivity (Wildman–Crippen MR) is 82.0 cm³/mol. The van der Waals surface area contributed by atoms with Gasteiger partial charge in [0.05, 0.1) is 4.90 Å². The molecule has 0 saturated carbocycles. The number of likely N-dealkylation sites (tertiary alicyclic amines) is 1. The maximum atomic E-state index is 12.6. The third kappa shape index (κ3) is 3.41. The smallest absolute Gasteiger partial charge is 0.334 e. The summed E-state index contributed by atoms with van der Waals surface area (Å²) < 4.78 is 60.3. The van der Waals surface area contributed by atoms with Gasteiger partial charge >= 0.3 is 5.51 Å². The Morgan fingerprint density at radius 3 is 2.38 bits per heavy atom. The molecule has 1 aromatic rings. The van der Waals surface area contributed by atoms with E-state index >= 15 is 0 Å². The highest BCUT2D eigenvalue weighted by Gasteiger charge is 2.46. The molecule has 2 atom stereocenters. The molecule has 0 bridgehead atoms. The summed E-state index contributed by atoms with van der Waals surface area (Å²) in [4.78, 5) is 13.3. The number of hydrogen-bond acceptors (Lipinski definition) is 4. The van der Waals surface area contributed by atoms with E-state index < -0.39 is 20.2 Å². The fourth-order valence-corrected chi connectivity index (χ4v) is 3.70. The first-order valence-corrected chi connectivity index (χ1v) is 9.00. The quantitative estimate of drug-likeness (QED) is 0.891. The number of rotatable bonds is 3. The lowest BCUT2D eigenvalue weighted by Gasteiger charge is -2.39. The van der Waals surface area contributed by atoms with Crippen molar-refractivity contribution >= 4 is 15.7 Å². The van der Waals surface area contributed by atoms with Crippen LogP contribution < -0.4 is 5.73 Å². The molecule has 2 N–H and O–H groups in total. The molecule has 5 nitrogen and oxygen atoms in total. The highest BCUT2D eigenvalue weighted by atomic mass is 32.2. The van der Waals surface area contributed by atoms with Gasteiger partial charge in [-0.25, -0.2) is 8.42 Å². The van der Waals surface area contributed by atoms with Crippen LogP contribution in [0, 0.1) is 5.92 Å². The molecule has 1 saturated heterocycles. The van der Waals surface area contributed by atoms with Crippen LogP contribution in [0.1, 0.15) is 30.1 Å². The maximum Gasteiger partial charge on any atom is 0.501 e. The highest BCUT2D eigenvalue weighted by molar-refractivity contribution is 7.92. The summed E-state index contributed by atoms with van der Waals surface area (Å²) in [6, 6.07) is 3.69. The Morgan fingerprint density at radius 1 is 1.29 bits per heavy atom.